The quantitative estimate of drug-likeness (QED) is 0.600. The van der Waals surface area contributed by atoms with Crippen molar-refractivity contribution in [1.82, 2.24) is 15.5 Å². The van der Waals surface area contributed by atoms with Crippen LogP contribution in [-0.4, -0.2) is 35.9 Å². The first kappa shape index (κ1) is 22.0. The lowest BCUT2D eigenvalue weighted by Gasteiger charge is -2.35. The molecule has 7 heteroatoms. The van der Waals surface area contributed by atoms with Gasteiger partial charge < -0.3 is 26.0 Å². The minimum atomic E-state index is -0.672. The van der Waals surface area contributed by atoms with Crippen LogP contribution in [0.3, 0.4) is 0 Å². The summed E-state index contributed by atoms with van der Waals surface area (Å²) in [4.78, 5) is 17.8. The Hall–Kier alpha value is -4.18. The largest absolute Gasteiger partial charge is 0.489 e. The Morgan fingerprint density at radius 3 is 2.82 bits per heavy atom. The molecule has 1 amide bonds. The first-order valence-corrected chi connectivity index (χ1v) is 10.7. The molecule has 7 nitrogen and oxygen atoms in total. The molecule has 0 saturated heterocycles. The molecule has 0 fully saturated rings. The number of hydrogen-bond donors (Lipinski definition) is 3. The van der Waals surface area contributed by atoms with E-state index in [0.29, 0.717) is 25.5 Å². The summed E-state index contributed by atoms with van der Waals surface area (Å²) in [5, 5.41) is 5.71. The van der Waals surface area contributed by atoms with Crippen molar-refractivity contribution in [3.8, 4) is 17.6 Å². The molecule has 33 heavy (non-hydrogen) atoms. The fraction of sp³-hybridized carbons (Fsp3) is 0.231. The van der Waals surface area contributed by atoms with Crippen molar-refractivity contribution in [3.05, 3.63) is 83.3 Å². The molecule has 0 radical (unpaired) electrons. The average molecular weight is 442 g/mol. The zero-order valence-electron chi connectivity index (χ0n) is 18.8. The number of amides is 1. The summed E-state index contributed by atoms with van der Waals surface area (Å²) < 4.78 is 6.03. The molecule has 2 heterocycles. The minimum absolute atomic E-state index is 0.102. The van der Waals surface area contributed by atoms with Gasteiger partial charge in [-0.25, -0.2) is 4.99 Å². The van der Waals surface area contributed by atoms with Crippen molar-refractivity contribution in [2.45, 2.75) is 26.1 Å². The summed E-state index contributed by atoms with van der Waals surface area (Å²) in [5.41, 5.74) is 9.66. The number of rotatable bonds is 6. The van der Waals surface area contributed by atoms with Crippen molar-refractivity contribution in [2.75, 3.05) is 13.1 Å². The fourth-order valence-corrected chi connectivity index (χ4v) is 3.87. The number of benzene rings is 2. The van der Waals surface area contributed by atoms with Gasteiger partial charge >= 0.3 is 0 Å². The van der Waals surface area contributed by atoms with E-state index in [1.165, 1.54) is 6.92 Å². The van der Waals surface area contributed by atoms with E-state index in [2.05, 4.69) is 32.4 Å². The fourth-order valence-electron chi connectivity index (χ4n) is 3.87. The van der Waals surface area contributed by atoms with Crippen molar-refractivity contribution < 1.29 is 9.53 Å². The summed E-state index contributed by atoms with van der Waals surface area (Å²) in [6, 6.07) is 18.0. The Bertz CT molecular complexity index is 1190. The van der Waals surface area contributed by atoms with E-state index >= 15 is 0 Å². The lowest BCUT2D eigenvalue weighted by molar-refractivity contribution is -0.118. The molecule has 1 unspecified atom stereocenters. The van der Waals surface area contributed by atoms with Crippen LogP contribution in [0.15, 0.2) is 77.2 Å². The van der Waals surface area contributed by atoms with Crippen LogP contribution < -0.4 is 21.1 Å². The van der Waals surface area contributed by atoms with Crippen LogP contribution in [0.25, 0.3) is 5.57 Å². The highest BCUT2D eigenvalue weighted by Crippen LogP contribution is 2.44. The highest BCUT2D eigenvalue weighted by Gasteiger charge is 2.44. The number of carbonyl (C=O) groups is 1. The molecule has 1 atom stereocenters. The van der Waals surface area contributed by atoms with E-state index in [1.807, 2.05) is 67.7 Å². The van der Waals surface area contributed by atoms with Gasteiger partial charge in [0.1, 0.15) is 18.2 Å². The Kier molecular flexibility index (Phi) is 6.36. The maximum Gasteiger partial charge on any atom is 0.217 e. The van der Waals surface area contributed by atoms with Gasteiger partial charge in [0.25, 0.3) is 0 Å². The van der Waals surface area contributed by atoms with Gasteiger partial charge in [0.2, 0.25) is 5.91 Å². The molecule has 0 saturated carbocycles. The topological polar surface area (TPSA) is 92.0 Å². The number of ether oxygens (including phenoxy) is 1. The van der Waals surface area contributed by atoms with E-state index in [9.17, 15) is 4.79 Å². The second kappa shape index (κ2) is 9.53. The molecule has 0 spiro atoms. The predicted octanol–water partition coefficient (Wildman–Crippen LogP) is 2.58. The molecule has 0 aromatic heterocycles. The molecule has 168 valence electrons. The summed E-state index contributed by atoms with van der Waals surface area (Å²) in [7, 11) is 0. The summed E-state index contributed by atoms with van der Waals surface area (Å²) in [5.74, 6) is 7.32. The van der Waals surface area contributed by atoms with E-state index in [-0.39, 0.29) is 5.91 Å². The molecule has 2 aliphatic heterocycles. The third-order valence-corrected chi connectivity index (χ3v) is 5.59. The summed E-state index contributed by atoms with van der Waals surface area (Å²) in [6.07, 6.45) is 3.66. The van der Waals surface area contributed by atoms with Crippen molar-refractivity contribution >= 4 is 17.8 Å². The molecule has 2 aromatic carbocycles. The van der Waals surface area contributed by atoms with Crippen molar-refractivity contribution in [1.29, 1.82) is 0 Å². The maximum absolute atomic E-state index is 11.0. The monoisotopic (exact) mass is 441 g/mol. The number of nitrogens with two attached hydrogens (primary N) is 1. The smallest absolute Gasteiger partial charge is 0.217 e. The zero-order valence-corrected chi connectivity index (χ0v) is 18.8. The van der Waals surface area contributed by atoms with Crippen molar-refractivity contribution in [2.24, 2.45) is 10.7 Å². The summed E-state index contributed by atoms with van der Waals surface area (Å²) in [6.45, 7) is 4.74. The van der Waals surface area contributed by atoms with Gasteiger partial charge in [-0.3, -0.25) is 4.79 Å². The molecular formula is C26H27N5O2. The lowest BCUT2D eigenvalue weighted by Crippen LogP contribution is -2.45. The first-order valence-electron chi connectivity index (χ1n) is 10.7. The molecule has 4 rings (SSSR count). The maximum atomic E-state index is 11.0. The van der Waals surface area contributed by atoms with Crippen LogP contribution in [-0.2, 0) is 11.4 Å². The number of aliphatic imine (C=N–C) groups is 1. The normalized spacial score (nSPS) is 18.6. The van der Waals surface area contributed by atoms with Crippen LogP contribution in [0.5, 0.6) is 5.75 Å². The Labute approximate surface area is 194 Å². The molecule has 2 aromatic rings. The third-order valence-electron chi connectivity index (χ3n) is 5.59. The molecular weight excluding hydrogens is 414 g/mol. The van der Waals surface area contributed by atoms with Crippen LogP contribution >= 0.6 is 0 Å². The predicted molar refractivity (Wildman–Crippen MR) is 130 cm³/mol. The second-order valence-electron chi connectivity index (χ2n) is 7.95. The van der Waals surface area contributed by atoms with Gasteiger partial charge in [-0.1, -0.05) is 54.3 Å². The number of hydrogen-bond acceptors (Lipinski definition) is 6. The van der Waals surface area contributed by atoms with Crippen LogP contribution in [0.1, 0.15) is 25.0 Å². The van der Waals surface area contributed by atoms with Gasteiger partial charge in [0, 0.05) is 24.3 Å². The summed E-state index contributed by atoms with van der Waals surface area (Å²) >= 11 is 0. The van der Waals surface area contributed by atoms with E-state index in [0.717, 1.165) is 28.0 Å². The number of fused-ring (bicyclic) bond motifs is 1. The minimum Gasteiger partial charge on any atom is -0.489 e. The first-order chi connectivity index (χ1) is 16.0. The number of nitrogens with one attached hydrogen (secondary N) is 2. The van der Waals surface area contributed by atoms with E-state index < -0.39 is 5.66 Å². The standard InChI is InChI=1S/C26H27N5O2/c1-19(32)28-13-6-7-14-31-16-23(24-25(27)29-18-30-26(24,31)2)21-11-8-12-22(15-21)33-17-20-9-4-3-5-10-20/h3-5,8-12,15-16,18H,13-14,17,27H2,1-2H3,(H,28,32)(H,29,30). The lowest BCUT2D eigenvalue weighted by atomic mass is 9.92. The average Bonchev–Trinajstić information content (AvgIpc) is 3.11. The number of nitrogens with zero attached hydrogens (tertiary/aromatic N) is 2. The van der Waals surface area contributed by atoms with Crippen LogP contribution in [0.2, 0.25) is 0 Å². The number of carbonyl (C=O) groups excluding carboxylic acids is 1. The Morgan fingerprint density at radius 1 is 1.21 bits per heavy atom. The molecule has 0 aliphatic carbocycles. The SMILES string of the molecule is CC(=O)NCC#CCN1C=C(c2cccc(OCc3ccccc3)c2)C2=C(N)NC=NC21C. The molecule has 4 N–H and O–H groups in total. The molecule has 2 aliphatic rings. The van der Waals surface area contributed by atoms with Gasteiger partial charge in [-0.05, 0) is 30.2 Å². The highest BCUT2D eigenvalue weighted by atomic mass is 16.5. The van der Waals surface area contributed by atoms with Gasteiger partial charge in [-0.15, -0.1) is 0 Å². The second-order valence-corrected chi connectivity index (χ2v) is 7.95. The van der Waals surface area contributed by atoms with Gasteiger partial charge in [-0.2, -0.15) is 0 Å². The Balaban J connectivity index is 1.58. The third kappa shape index (κ3) is 4.85. The van der Waals surface area contributed by atoms with Gasteiger partial charge in [0.05, 0.1) is 19.4 Å². The Morgan fingerprint density at radius 2 is 2.03 bits per heavy atom. The van der Waals surface area contributed by atoms with Crippen LogP contribution in [0, 0.1) is 11.8 Å². The van der Waals surface area contributed by atoms with Crippen molar-refractivity contribution in [3.63, 3.8) is 0 Å². The van der Waals surface area contributed by atoms with Gasteiger partial charge in [0.15, 0.2) is 5.66 Å². The van der Waals surface area contributed by atoms with Crippen LogP contribution in [0.4, 0.5) is 0 Å². The highest BCUT2D eigenvalue weighted by molar-refractivity contribution is 5.87. The zero-order chi connectivity index (χ0) is 23.3. The van der Waals surface area contributed by atoms with E-state index in [4.69, 9.17) is 10.5 Å². The molecule has 0 bridgehead atoms. The van der Waals surface area contributed by atoms with E-state index in [1.54, 1.807) is 6.34 Å².